The number of aromatic nitrogens is 1. The van der Waals surface area contributed by atoms with Crippen LogP contribution < -0.4 is 5.32 Å². The largest absolute Gasteiger partial charge is 0.437 e. The summed E-state index contributed by atoms with van der Waals surface area (Å²) in [6, 6.07) is 0.631. The van der Waals surface area contributed by atoms with Crippen LogP contribution in [0.15, 0.2) is 9.64 Å². The van der Waals surface area contributed by atoms with Gasteiger partial charge in [-0.3, -0.25) is 0 Å². The summed E-state index contributed by atoms with van der Waals surface area (Å²) < 4.78 is 5.57. The molecule has 0 bridgehead atoms. The van der Waals surface area contributed by atoms with Gasteiger partial charge in [0.2, 0.25) is 0 Å². The Balaban J connectivity index is 2.36. The van der Waals surface area contributed by atoms with Crippen LogP contribution in [-0.4, -0.2) is 22.8 Å². The van der Waals surface area contributed by atoms with Crippen LogP contribution in [0.3, 0.4) is 0 Å². The van der Waals surface area contributed by atoms with Gasteiger partial charge in [-0.1, -0.05) is 32.5 Å². The predicted octanol–water partition coefficient (Wildman–Crippen LogP) is 3.55. The van der Waals surface area contributed by atoms with E-state index in [4.69, 9.17) is 4.42 Å². The number of thioether (sulfide) groups is 1. The third kappa shape index (κ3) is 4.72. The van der Waals surface area contributed by atoms with Gasteiger partial charge in [0, 0.05) is 17.8 Å². The Morgan fingerprint density at radius 3 is 2.41 bits per heavy atom. The molecule has 1 rings (SSSR count). The summed E-state index contributed by atoms with van der Waals surface area (Å²) in [5.41, 5.74) is 0.993. The smallest absolute Gasteiger partial charge is 0.256 e. The second-order valence-corrected chi connectivity index (χ2v) is 5.86. The van der Waals surface area contributed by atoms with Gasteiger partial charge in [0.15, 0.2) is 0 Å². The van der Waals surface area contributed by atoms with Crippen molar-refractivity contribution in [1.82, 2.24) is 10.3 Å². The summed E-state index contributed by atoms with van der Waals surface area (Å²) in [5.74, 6) is 0.924. The van der Waals surface area contributed by atoms with Crippen LogP contribution in [0.2, 0.25) is 0 Å². The topological polar surface area (TPSA) is 38.1 Å². The van der Waals surface area contributed by atoms with Gasteiger partial charge < -0.3 is 9.73 Å². The van der Waals surface area contributed by atoms with Crippen LogP contribution in [-0.2, 0) is 0 Å². The maximum atomic E-state index is 5.57. The van der Waals surface area contributed by atoms with E-state index in [9.17, 15) is 0 Å². The first-order chi connectivity index (χ1) is 8.06. The van der Waals surface area contributed by atoms with E-state index in [1.165, 1.54) is 12.8 Å². The molecule has 0 aliphatic carbocycles. The minimum atomic E-state index is 0.480. The summed E-state index contributed by atoms with van der Waals surface area (Å²) >= 11 is 1.70. The fraction of sp³-hybridized carbons (Fsp3) is 0.769. The van der Waals surface area contributed by atoms with Crippen LogP contribution in [0.5, 0.6) is 0 Å². The van der Waals surface area contributed by atoms with E-state index in [1.807, 2.05) is 13.8 Å². The zero-order valence-electron chi connectivity index (χ0n) is 11.5. The lowest BCUT2D eigenvalue weighted by Crippen LogP contribution is -2.32. The van der Waals surface area contributed by atoms with E-state index in [1.54, 1.807) is 11.8 Å². The molecular formula is C13H24N2OS. The fourth-order valence-corrected chi connectivity index (χ4v) is 2.50. The number of aryl methyl sites for hydroxylation is 2. The normalized spacial score (nSPS) is 13.3. The molecule has 1 aromatic rings. The quantitative estimate of drug-likeness (QED) is 0.757. The van der Waals surface area contributed by atoms with Crippen LogP contribution in [0.25, 0.3) is 0 Å². The molecule has 0 fully saturated rings. The van der Waals surface area contributed by atoms with Crippen LogP contribution >= 0.6 is 11.8 Å². The molecule has 4 heteroatoms. The van der Waals surface area contributed by atoms with Gasteiger partial charge >= 0.3 is 0 Å². The van der Waals surface area contributed by atoms with Crippen molar-refractivity contribution in [2.45, 2.75) is 64.0 Å². The maximum Gasteiger partial charge on any atom is 0.256 e. The molecule has 1 heterocycles. The highest BCUT2D eigenvalue weighted by molar-refractivity contribution is 7.99. The molecule has 98 valence electrons. The highest BCUT2D eigenvalue weighted by Gasteiger charge is 2.12. The first-order valence-corrected chi connectivity index (χ1v) is 7.28. The van der Waals surface area contributed by atoms with Gasteiger partial charge in [0.05, 0.1) is 5.69 Å². The van der Waals surface area contributed by atoms with Crippen LogP contribution in [0.4, 0.5) is 0 Å². The molecule has 1 unspecified atom stereocenters. The summed E-state index contributed by atoms with van der Waals surface area (Å²) in [5, 5.41) is 4.84. The molecule has 0 amide bonds. The van der Waals surface area contributed by atoms with E-state index in [2.05, 4.69) is 31.1 Å². The molecule has 0 radical (unpaired) electrons. The summed E-state index contributed by atoms with van der Waals surface area (Å²) in [4.78, 5) is 4.39. The summed E-state index contributed by atoms with van der Waals surface area (Å²) in [6.45, 7) is 11.6. The van der Waals surface area contributed by atoms with Gasteiger partial charge in [-0.15, -0.1) is 0 Å². The second kappa shape index (κ2) is 7.07. The molecule has 1 aromatic heterocycles. The first-order valence-electron chi connectivity index (χ1n) is 6.40. The van der Waals surface area contributed by atoms with Crippen molar-refractivity contribution in [3.05, 3.63) is 11.5 Å². The van der Waals surface area contributed by atoms with Crippen molar-refractivity contribution in [2.24, 2.45) is 0 Å². The number of hydrogen-bond donors (Lipinski definition) is 1. The van der Waals surface area contributed by atoms with Crippen molar-refractivity contribution in [3.8, 4) is 0 Å². The van der Waals surface area contributed by atoms with Gasteiger partial charge in [0.25, 0.3) is 5.22 Å². The maximum absolute atomic E-state index is 5.57. The third-order valence-electron chi connectivity index (χ3n) is 2.99. The number of nitrogens with zero attached hydrogens (tertiary/aromatic N) is 1. The van der Waals surface area contributed by atoms with Crippen LogP contribution in [0.1, 0.15) is 45.1 Å². The van der Waals surface area contributed by atoms with Gasteiger partial charge in [-0.05, 0) is 26.7 Å². The Morgan fingerprint density at radius 1 is 1.29 bits per heavy atom. The third-order valence-corrected chi connectivity index (χ3v) is 3.94. The molecule has 0 aliphatic heterocycles. The molecule has 0 aromatic carbocycles. The lowest BCUT2D eigenvalue weighted by atomic mass is 10.2. The second-order valence-electron chi connectivity index (χ2n) is 4.47. The molecule has 1 N–H and O–H groups in total. The fourth-order valence-electron chi connectivity index (χ4n) is 1.62. The van der Waals surface area contributed by atoms with Gasteiger partial charge in [-0.25, -0.2) is 4.98 Å². The molecule has 0 saturated heterocycles. The highest BCUT2D eigenvalue weighted by atomic mass is 32.2. The number of oxazole rings is 1. The van der Waals surface area contributed by atoms with Gasteiger partial charge in [0.1, 0.15) is 5.76 Å². The lowest BCUT2D eigenvalue weighted by Gasteiger charge is -2.17. The Kier molecular flexibility index (Phi) is 6.06. The van der Waals surface area contributed by atoms with Crippen molar-refractivity contribution in [3.63, 3.8) is 0 Å². The SMILES string of the molecule is CCC(CC)NCC(C)Sc1nc(C)c(C)o1. The van der Waals surface area contributed by atoms with E-state index in [0.29, 0.717) is 11.3 Å². The van der Waals surface area contributed by atoms with E-state index >= 15 is 0 Å². The summed E-state index contributed by atoms with van der Waals surface area (Å²) in [7, 11) is 0. The molecular weight excluding hydrogens is 232 g/mol. The summed E-state index contributed by atoms with van der Waals surface area (Å²) in [6.07, 6.45) is 2.37. The molecule has 1 atom stereocenters. The molecule has 17 heavy (non-hydrogen) atoms. The Morgan fingerprint density at radius 2 is 1.94 bits per heavy atom. The monoisotopic (exact) mass is 256 g/mol. The van der Waals surface area contributed by atoms with E-state index in [0.717, 1.165) is 23.2 Å². The Labute approximate surface area is 109 Å². The average molecular weight is 256 g/mol. The Bertz CT molecular complexity index is 315. The van der Waals surface area contributed by atoms with E-state index < -0.39 is 0 Å². The van der Waals surface area contributed by atoms with Crippen LogP contribution in [0, 0.1) is 13.8 Å². The average Bonchev–Trinajstić information content (AvgIpc) is 2.59. The Hall–Kier alpha value is -0.480. The molecule has 3 nitrogen and oxygen atoms in total. The number of hydrogen-bond acceptors (Lipinski definition) is 4. The number of nitrogens with one attached hydrogen (secondary N) is 1. The van der Waals surface area contributed by atoms with Crippen molar-refractivity contribution in [2.75, 3.05) is 6.54 Å². The first kappa shape index (κ1) is 14.6. The van der Waals surface area contributed by atoms with Crippen molar-refractivity contribution in [1.29, 1.82) is 0 Å². The van der Waals surface area contributed by atoms with E-state index in [-0.39, 0.29) is 0 Å². The predicted molar refractivity (Wildman–Crippen MR) is 73.7 cm³/mol. The standard InChI is InChI=1S/C13H24N2OS/c1-6-12(7-2)14-8-9(3)17-13-15-10(4)11(5)16-13/h9,12,14H,6-8H2,1-5H3. The molecule has 0 aliphatic rings. The molecule has 0 spiro atoms. The zero-order chi connectivity index (χ0) is 12.8. The highest BCUT2D eigenvalue weighted by Crippen LogP contribution is 2.24. The lowest BCUT2D eigenvalue weighted by molar-refractivity contribution is 0.429. The minimum absolute atomic E-state index is 0.480. The zero-order valence-corrected chi connectivity index (χ0v) is 12.4. The minimum Gasteiger partial charge on any atom is -0.437 e. The van der Waals surface area contributed by atoms with Crippen molar-refractivity contribution < 1.29 is 4.42 Å². The van der Waals surface area contributed by atoms with Gasteiger partial charge in [-0.2, -0.15) is 0 Å². The van der Waals surface area contributed by atoms with Crippen molar-refractivity contribution >= 4 is 11.8 Å². The molecule has 0 saturated carbocycles. The number of rotatable bonds is 7.